The second-order valence-corrected chi connectivity index (χ2v) is 3.44. The smallest absolute Gasteiger partial charge is 0.219 e. The molecule has 0 aliphatic carbocycles. The maximum absolute atomic E-state index is 5.65. The highest BCUT2D eigenvalue weighted by atomic mass is 35.5. The van der Waals surface area contributed by atoms with Crippen LogP contribution < -0.4 is 0 Å². The van der Waals surface area contributed by atoms with Crippen LogP contribution in [0.25, 0.3) is 5.95 Å². The number of alkyl halides is 1. The van der Waals surface area contributed by atoms with Gasteiger partial charge in [-0.2, -0.15) is 5.10 Å². The first kappa shape index (κ1) is 10.1. The highest BCUT2D eigenvalue weighted by Crippen LogP contribution is 2.05. The minimum atomic E-state index is 0.430. The molecule has 0 aromatic carbocycles. The van der Waals surface area contributed by atoms with Gasteiger partial charge < -0.3 is 0 Å². The van der Waals surface area contributed by atoms with Gasteiger partial charge in [0.2, 0.25) is 5.95 Å². The molecule has 0 aliphatic rings. The van der Waals surface area contributed by atoms with E-state index in [1.165, 1.54) is 5.56 Å². The second kappa shape index (κ2) is 4.40. The van der Waals surface area contributed by atoms with Crippen molar-refractivity contribution in [1.29, 1.82) is 0 Å². The molecule has 0 N–H and O–H groups in total. The Labute approximate surface area is 92.9 Å². The molecule has 0 unspecified atom stereocenters. The van der Waals surface area contributed by atoms with Crippen molar-refractivity contribution < 1.29 is 0 Å². The molecule has 0 bridgehead atoms. The van der Waals surface area contributed by atoms with Crippen molar-refractivity contribution in [3.8, 4) is 5.95 Å². The molecule has 78 valence electrons. The monoisotopic (exact) mass is 222 g/mol. The molecule has 4 nitrogen and oxygen atoms in total. The van der Waals surface area contributed by atoms with E-state index in [1.807, 2.05) is 12.4 Å². The first-order valence-electron chi connectivity index (χ1n) is 4.74. The predicted molar refractivity (Wildman–Crippen MR) is 58.1 cm³/mol. The molecule has 5 heteroatoms. The minimum Gasteiger partial charge on any atom is -0.219 e. The van der Waals surface area contributed by atoms with E-state index in [0.29, 0.717) is 11.8 Å². The topological polar surface area (TPSA) is 43.6 Å². The molecule has 2 aromatic heterocycles. The minimum absolute atomic E-state index is 0.430. The maximum Gasteiger partial charge on any atom is 0.250 e. The fraction of sp³-hybridized carbons (Fsp3) is 0.300. The normalized spacial score (nSPS) is 10.5. The van der Waals surface area contributed by atoms with E-state index in [0.717, 1.165) is 12.0 Å². The zero-order valence-corrected chi connectivity index (χ0v) is 9.15. The number of halogens is 1. The summed E-state index contributed by atoms with van der Waals surface area (Å²) in [5.41, 5.74) is 2.07. The van der Waals surface area contributed by atoms with Crippen LogP contribution in [0, 0.1) is 0 Å². The summed E-state index contributed by atoms with van der Waals surface area (Å²) in [4.78, 5) is 8.34. The van der Waals surface area contributed by atoms with Gasteiger partial charge in [-0.15, -0.1) is 11.6 Å². The molecule has 15 heavy (non-hydrogen) atoms. The van der Waals surface area contributed by atoms with Gasteiger partial charge in [0.15, 0.2) is 0 Å². The molecule has 0 amide bonds. The zero-order valence-electron chi connectivity index (χ0n) is 8.39. The number of hydrogen-bond donors (Lipinski definition) is 0. The Kier molecular flexibility index (Phi) is 2.97. The molecular weight excluding hydrogens is 212 g/mol. The fourth-order valence-corrected chi connectivity index (χ4v) is 1.33. The maximum atomic E-state index is 5.65. The van der Waals surface area contributed by atoms with Crippen molar-refractivity contribution in [3.63, 3.8) is 0 Å². The number of aromatic nitrogens is 4. The molecule has 0 saturated carbocycles. The number of nitrogens with zero attached hydrogens (tertiary/aromatic N) is 4. The van der Waals surface area contributed by atoms with Gasteiger partial charge in [0.1, 0.15) is 0 Å². The quantitative estimate of drug-likeness (QED) is 0.746. The van der Waals surface area contributed by atoms with Crippen LogP contribution in [0.2, 0.25) is 0 Å². The summed E-state index contributed by atoms with van der Waals surface area (Å²) in [5.74, 6) is 1.00. The van der Waals surface area contributed by atoms with Crippen molar-refractivity contribution in [2.45, 2.75) is 19.2 Å². The molecule has 2 rings (SSSR count). The standard InChI is InChI=1S/C10H11ClN4/c1-2-8-6-14-15(7-8)10-12-4-9(3-11)5-13-10/h4-7H,2-3H2,1H3. The van der Waals surface area contributed by atoms with Crippen LogP contribution in [0.1, 0.15) is 18.1 Å². The van der Waals surface area contributed by atoms with Crippen LogP contribution in [0.15, 0.2) is 24.8 Å². The molecule has 0 atom stereocenters. The number of rotatable bonds is 3. The lowest BCUT2D eigenvalue weighted by Crippen LogP contribution is -2.01. The van der Waals surface area contributed by atoms with Crippen molar-refractivity contribution >= 4 is 11.6 Å². The Morgan fingerprint density at radius 2 is 1.93 bits per heavy atom. The van der Waals surface area contributed by atoms with Crippen molar-refractivity contribution in [2.75, 3.05) is 0 Å². The van der Waals surface area contributed by atoms with E-state index in [9.17, 15) is 0 Å². The predicted octanol–water partition coefficient (Wildman–Crippen LogP) is 1.96. The molecule has 0 fully saturated rings. The molecule has 2 aromatic rings. The average molecular weight is 223 g/mol. The second-order valence-electron chi connectivity index (χ2n) is 3.17. The Morgan fingerprint density at radius 1 is 1.20 bits per heavy atom. The first-order valence-corrected chi connectivity index (χ1v) is 5.27. The summed E-state index contributed by atoms with van der Waals surface area (Å²) in [6.45, 7) is 2.08. The molecule has 0 radical (unpaired) electrons. The van der Waals surface area contributed by atoms with E-state index in [-0.39, 0.29) is 0 Å². The van der Waals surface area contributed by atoms with E-state index < -0.39 is 0 Å². The Morgan fingerprint density at radius 3 is 2.47 bits per heavy atom. The third-order valence-corrected chi connectivity index (χ3v) is 2.40. The highest BCUT2D eigenvalue weighted by Gasteiger charge is 2.02. The Hall–Kier alpha value is -1.42. The van der Waals surface area contributed by atoms with Crippen molar-refractivity contribution in [2.24, 2.45) is 0 Å². The van der Waals surface area contributed by atoms with Crippen molar-refractivity contribution in [3.05, 3.63) is 35.9 Å². The third kappa shape index (κ3) is 2.15. The van der Waals surface area contributed by atoms with E-state index in [4.69, 9.17) is 11.6 Å². The van der Waals surface area contributed by atoms with Gasteiger partial charge in [0, 0.05) is 24.2 Å². The summed E-state index contributed by atoms with van der Waals surface area (Å²) < 4.78 is 1.66. The third-order valence-electron chi connectivity index (χ3n) is 2.10. The fourth-order valence-electron chi connectivity index (χ4n) is 1.19. The molecule has 0 spiro atoms. The van der Waals surface area contributed by atoms with Crippen LogP contribution in [0.4, 0.5) is 0 Å². The molecular formula is C10H11ClN4. The zero-order chi connectivity index (χ0) is 10.7. The van der Waals surface area contributed by atoms with Crippen LogP contribution in [-0.2, 0) is 12.3 Å². The van der Waals surface area contributed by atoms with Gasteiger partial charge in [-0.05, 0) is 12.0 Å². The Bertz CT molecular complexity index is 435. The van der Waals surface area contributed by atoms with Gasteiger partial charge in [0.05, 0.1) is 12.1 Å². The van der Waals surface area contributed by atoms with E-state index in [1.54, 1.807) is 17.1 Å². The van der Waals surface area contributed by atoms with Gasteiger partial charge >= 0.3 is 0 Å². The summed E-state index contributed by atoms with van der Waals surface area (Å²) >= 11 is 5.65. The van der Waals surface area contributed by atoms with Crippen molar-refractivity contribution in [1.82, 2.24) is 19.7 Å². The summed E-state index contributed by atoms with van der Waals surface area (Å²) in [5, 5.41) is 4.17. The summed E-state index contributed by atoms with van der Waals surface area (Å²) in [6.07, 6.45) is 8.12. The van der Waals surface area contributed by atoms with Crippen LogP contribution in [0.5, 0.6) is 0 Å². The summed E-state index contributed by atoms with van der Waals surface area (Å²) in [6, 6.07) is 0. The number of aryl methyl sites for hydroxylation is 1. The lowest BCUT2D eigenvalue weighted by atomic mass is 10.3. The first-order chi connectivity index (χ1) is 7.33. The largest absolute Gasteiger partial charge is 0.250 e. The van der Waals surface area contributed by atoms with Gasteiger partial charge in [-0.1, -0.05) is 6.92 Å². The molecule has 0 saturated heterocycles. The lowest BCUT2D eigenvalue weighted by Gasteiger charge is -1.99. The van der Waals surface area contributed by atoms with Crippen LogP contribution in [-0.4, -0.2) is 19.7 Å². The van der Waals surface area contributed by atoms with Gasteiger partial charge in [-0.25, -0.2) is 14.6 Å². The molecule has 0 aliphatic heterocycles. The SMILES string of the molecule is CCc1cnn(-c2ncc(CCl)cn2)c1. The van der Waals surface area contributed by atoms with E-state index in [2.05, 4.69) is 22.0 Å². The van der Waals surface area contributed by atoms with E-state index >= 15 is 0 Å². The Balaban J connectivity index is 2.28. The molecule has 2 heterocycles. The van der Waals surface area contributed by atoms with Crippen LogP contribution in [0.3, 0.4) is 0 Å². The number of hydrogen-bond acceptors (Lipinski definition) is 3. The average Bonchev–Trinajstić information content (AvgIpc) is 2.78. The van der Waals surface area contributed by atoms with Gasteiger partial charge in [-0.3, -0.25) is 0 Å². The van der Waals surface area contributed by atoms with Crippen LogP contribution >= 0.6 is 11.6 Å². The van der Waals surface area contributed by atoms with Gasteiger partial charge in [0.25, 0.3) is 0 Å². The lowest BCUT2D eigenvalue weighted by molar-refractivity contribution is 0.804. The highest BCUT2D eigenvalue weighted by molar-refractivity contribution is 6.17. The summed E-state index contributed by atoms with van der Waals surface area (Å²) in [7, 11) is 0.